The SMILES string of the molecule is Nc1nsc(-c2cccc(F)c2Cl)n1. The monoisotopic (exact) mass is 229 g/mol. The summed E-state index contributed by atoms with van der Waals surface area (Å²) in [6, 6.07) is 4.52. The third-order valence-corrected chi connectivity index (χ3v) is 2.77. The first-order chi connectivity index (χ1) is 6.68. The lowest BCUT2D eigenvalue weighted by molar-refractivity contribution is 0.629. The summed E-state index contributed by atoms with van der Waals surface area (Å²) in [6.07, 6.45) is 0. The smallest absolute Gasteiger partial charge is 0.232 e. The fourth-order valence-corrected chi connectivity index (χ4v) is 1.91. The maximum Gasteiger partial charge on any atom is 0.232 e. The number of hydrogen-bond acceptors (Lipinski definition) is 4. The third-order valence-electron chi connectivity index (χ3n) is 1.62. The number of nitrogens with two attached hydrogens (primary N) is 1. The summed E-state index contributed by atoms with van der Waals surface area (Å²) in [7, 11) is 0. The minimum atomic E-state index is -0.474. The Morgan fingerprint density at radius 3 is 2.86 bits per heavy atom. The van der Waals surface area contributed by atoms with Crippen molar-refractivity contribution >= 4 is 29.1 Å². The molecule has 0 saturated heterocycles. The largest absolute Gasteiger partial charge is 0.367 e. The van der Waals surface area contributed by atoms with Gasteiger partial charge in [0.05, 0.1) is 5.02 Å². The second kappa shape index (κ2) is 3.51. The maximum atomic E-state index is 13.1. The zero-order valence-corrected chi connectivity index (χ0v) is 8.44. The molecular formula is C8H5ClFN3S. The van der Waals surface area contributed by atoms with Crippen LogP contribution in [0.25, 0.3) is 10.6 Å². The van der Waals surface area contributed by atoms with Crippen molar-refractivity contribution in [1.82, 2.24) is 9.36 Å². The average Bonchev–Trinajstić information content (AvgIpc) is 2.57. The normalized spacial score (nSPS) is 10.4. The van der Waals surface area contributed by atoms with Gasteiger partial charge in [-0.1, -0.05) is 23.7 Å². The number of halogens is 2. The van der Waals surface area contributed by atoms with Gasteiger partial charge in [0.15, 0.2) is 0 Å². The zero-order valence-electron chi connectivity index (χ0n) is 6.87. The second-order valence-corrected chi connectivity index (χ2v) is 3.69. The lowest BCUT2D eigenvalue weighted by atomic mass is 10.2. The van der Waals surface area contributed by atoms with Crippen molar-refractivity contribution in [2.45, 2.75) is 0 Å². The molecule has 0 bridgehead atoms. The Balaban J connectivity index is 2.57. The zero-order chi connectivity index (χ0) is 10.1. The molecule has 72 valence electrons. The molecular weight excluding hydrogens is 225 g/mol. The summed E-state index contributed by atoms with van der Waals surface area (Å²) in [5.74, 6) is -0.303. The van der Waals surface area contributed by atoms with Gasteiger partial charge in [-0.25, -0.2) is 4.39 Å². The number of hydrogen-bond donors (Lipinski definition) is 1. The van der Waals surface area contributed by atoms with E-state index < -0.39 is 5.82 Å². The van der Waals surface area contributed by atoms with Gasteiger partial charge in [-0.15, -0.1) is 0 Å². The van der Waals surface area contributed by atoms with E-state index in [9.17, 15) is 4.39 Å². The summed E-state index contributed by atoms with van der Waals surface area (Å²) in [5.41, 5.74) is 5.87. The molecule has 1 heterocycles. The Morgan fingerprint density at radius 1 is 1.43 bits per heavy atom. The van der Waals surface area contributed by atoms with E-state index in [0.29, 0.717) is 10.6 Å². The molecule has 0 aliphatic heterocycles. The van der Waals surface area contributed by atoms with E-state index in [2.05, 4.69) is 9.36 Å². The fraction of sp³-hybridized carbons (Fsp3) is 0. The van der Waals surface area contributed by atoms with Gasteiger partial charge in [0.1, 0.15) is 10.8 Å². The molecule has 6 heteroatoms. The van der Waals surface area contributed by atoms with Gasteiger partial charge in [-0.3, -0.25) is 0 Å². The molecule has 2 aromatic rings. The maximum absolute atomic E-state index is 13.1. The highest BCUT2D eigenvalue weighted by Crippen LogP contribution is 2.30. The standard InChI is InChI=1S/C8H5ClFN3S/c9-6-4(2-1-3-5(6)10)7-12-8(11)13-14-7/h1-3H,(H2,11,13). The van der Waals surface area contributed by atoms with Gasteiger partial charge < -0.3 is 5.73 Å². The number of nitrogen functional groups attached to an aromatic ring is 1. The van der Waals surface area contributed by atoms with Crippen molar-refractivity contribution in [3.63, 3.8) is 0 Å². The van der Waals surface area contributed by atoms with E-state index >= 15 is 0 Å². The lowest BCUT2D eigenvalue weighted by Gasteiger charge is -1.99. The first kappa shape index (κ1) is 9.36. The molecule has 0 fully saturated rings. The van der Waals surface area contributed by atoms with Crippen LogP contribution in [-0.2, 0) is 0 Å². The van der Waals surface area contributed by atoms with Crippen molar-refractivity contribution < 1.29 is 4.39 Å². The molecule has 2 rings (SSSR count). The predicted molar refractivity (Wildman–Crippen MR) is 54.7 cm³/mol. The van der Waals surface area contributed by atoms with Gasteiger partial charge in [0, 0.05) is 5.56 Å². The van der Waals surface area contributed by atoms with Crippen molar-refractivity contribution in [1.29, 1.82) is 0 Å². The Hall–Kier alpha value is -1.20. The third kappa shape index (κ3) is 1.56. The Labute approximate surface area is 88.5 Å². The van der Waals surface area contributed by atoms with Gasteiger partial charge in [-0.2, -0.15) is 9.36 Å². The summed E-state index contributed by atoms with van der Waals surface area (Å²) in [5, 5.41) is 0.565. The van der Waals surface area contributed by atoms with Crippen molar-refractivity contribution in [3.05, 3.63) is 29.0 Å². The van der Waals surface area contributed by atoms with Crippen molar-refractivity contribution in [3.8, 4) is 10.6 Å². The van der Waals surface area contributed by atoms with Gasteiger partial charge >= 0.3 is 0 Å². The summed E-state index contributed by atoms with van der Waals surface area (Å²) in [6.45, 7) is 0. The minimum Gasteiger partial charge on any atom is -0.367 e. The molecule has 1 aromatic carbocycles. The molecule has 3 nitrogen and oxygen atoms in total. The highest BCUT2D eigenvalue weighted by Gasteiger charge is 2.11. The van der Waals surface area contributed by atoms with Crippen LogP contribution in [0, 0.1) is 5.82 Å². The van der Waals surface area contributed by atoms with Crippen LogP contribution in [0.15, 0.2) is 18.2 Å². The molecule has 0 spiro atoms. The Morgan fingerprint density at radius 2 is 2.21 bits per heavy atom. The molecule has 0 aliphatic carbocycles. The van der Waals surface area contributed by atoms with Crippen LogP contribution in [0.2, 0.25) is 5.02 Å². The number of aromatic nitrogens is 2. The van der Waals surface area contributed by atoms with E-state index in [4.69, 9.17) is 17.3 Å². The minimum absolute atomic E-state index is 0.0450. The molecule has 0 unspecified atom stereocenters. The molecule has 14 heavy (non-hydrogen) atoms. The second-order valence-electron chi connectivity index (χ2n) is 2.56. The summed E-state index contributed by atoms with van der Waals surface area (Å²) >= 11 is 6.85. The van der Waals surface area contributed by atoms with Crippen LogP contribution in [0.5, 0.6) is 0 Å². The molecule has 0 amide bonds. The van der Waals surface area contributed by atoms with Gasteiger partial charge in [-0.05, 0) is 17.6 Å². The van der Waals surface area contributed by atoms with E-state index in [1.807, 2.05) is 0 Å². The summed E-state index contributed by atoms with van der Waals surface area (Å²) in [4.78, 5) is 3.92. The first-order valence-electron chi connectivity index (χ1n) is 3.72. The molecule has 0 saturated carbocycles. The Kier molecular flexibility index (Phi) is 2.35. The summed E-state index contributed by atoms with van der Waals surface area (Å²) < 4.78 is 16.9. The number of nitrogens with zero attached hydrogens (tertiary/aromatic N) is 2. The van der Waals surface area contributed by atoms with Gasteiger partial charge in [0.2, 0.25) is 5.95 Å². The van der Waals surface area contributed by atoms with Crippen molar-refractivity contribution in [2.24, 2.45) is 0 Å². The highest BCUT2D eigenvalue weighted by atomic mass is 35.5. The van der Waals surface area contributed by atoms with E-state index in [1.165, 1.54) is 6.07 Å². The van der Waals surface area contributed by atoms with Crippen LogP contribution in [-0.4, -0.2) is 9.36 Å². The van der Waals surface area contributed by atoms with Crippen LogP contribution in [0.1, 0.15) is 0 Å². The Bertz CT molecular complexity index is 471. The molecule has 1 aromatic heterocycles. The van der Waals surface area contributed by atoms with Gasteiger partial charge in [0.25, 0.3) is 0 Å². The lowest BCUT2D eigenvalue weighted by Crippen LogP contribution is -1.86. The predicted octanol–water partition coefficient (Wildman–Crippen LogP) is 2.58. The first-order valence-corrected chi connectivity index (χ1v) is 4.87. The highest BCUT2D eigenvalue weighted by molar-refractivity contribution is 7.09. The van der Waals surface area contributed by atoms with Crippen LogP contribution in [0.3, 0.4) is 0 Å². The number of benzene rings is 1. The van der Waals surface area contributed by atoms with E-state index in [1.54, 1.807) is 12.1 Å². The number of anilines is 1. The molecule has 0 aliphatic rings. The quantitative estimate of drug-likeness (QED) is 0.818. The van der Waals surface area contributed by atoms with Crippen molar-refractivity contribution in [2.75, 3.05) is 5.73 Å². The molecule has 0 radical (unpaired) electrons. The average molecular weight is 230 g/mol. The number of rotatable bonds is 1. The van der Waals surface area contributed by atoms with E-state index in [-0.39, 0.29) is 11.0 Å². The van der Waals surface area contributed by atoms with Crippen LogP contribution < -0.4 is 5.73 Å². The van der Waals surface area contributed by atoms with E-state index in [0.717, 1.165) is 11.5 Å². The fourth-order valence-electron chi connectivity index (χ4n) is 1.01. The molecule has 2 N–H and O–H groups in total. The van der Waals surface area contributed by atoms with Crippen LogP contribution in [0.4, 0.5) is 10.3 Å². The molecule has 0 atom stereocenters. The topological polar surface area (TPSA) is 51.8 Å². The van der Waals surface area contributed by atoms with Crippen LogP contribution >= 0.6 is 23.1 Å².